The smallest absolute Gasteiger partial charge is 0.407 e. The predicted molar refractivity (Wildman–Crippen MR) is 68.7 cm³/mol. The molecule has 20 heavy (non-hydrogen) atoms. The van der Waals surface area contributed by atoms with Gasteiger partial charge < -0.3 is 20.1 Å². The van der Waals surface area contributed by atoms with Crippen molar-refractivity contribution in [3.8, 4) is 0 Å². The average molecular weight is 296 g/mol. The molecular formula is C12H22F2N2O4. The Kier molecular flexibility index (Phi) is 8.05. The molecule has 0 heterocycles. The van der Waals surface area contributed by atoms with Crippen LogP contribution in [0.5, 0.6) is 0 Å². The van der Waals surface area contributed by atoms with Gasteiger partial charge in [0, 0.05) is 13.7 Å². The molecule has 0 saturated heterocycles. The van der Waals surface area contributed by atoms with Crippen LogP contribution in [0.2, 0.25) is 0 Å². The molecule has 8 heteroatoms. The van der Waals surface area contributed by atoms with E-state index >= 15 is 0 Å². The lowest BCUT2D eigenvalue weighted by Gasteiger charge is -2.21. The Hall–Kier alpha value is -1.44. The number of amides is 2. The van der Waals surface area contributed by atoms with Gasteiger partial charge in [0.15, 0.2) is 0 Å². The maximum Gasteiger partial charge on any atom is 0.407 e. The average Bonchev–Trinajstić information content (AvgIpc) is 2.25. The van der Waals surface area contributed by atoms with Crippen molar-refractivity contribution in [2.75, 3.05) is 20.3 Å². The van der Waals surface area contributed by atoms with Crippen molar-refractivity contribution in [2.24, 2.45) is 0 Å². The van der Waals surface area contributed by atoms with Crippen molar-refractivity contribution in [3.63, 3.8) is 0 Å². The van der Waals surface area contributed by atoms with Gasteiger partial charge in [-0.05, 0) is 27.2 Å². The molecule has 0 aromatic heterocycles. The van der Waals surface area contributed by atoms with Crippen molar-refractivity contribution in [3.05, 3.63) is 0 Å². The number of alkyl halides is 2. The van der Waals surface area contributed by atoms with Gasteiger partial charge in [0.25, 0.3) is 6.43 Å². The summed E-state index contributed by atoms with van der Waals surface area (Å²) in [4.78, 5) is 22.5. The molecule has 0 aliphatic heterocycles. The fourth-order valence-electron chi connectivity index (χ4n) is 1.28. The molecule has 0 rings (SSSR count). The number of carbonyl (C=O) groups is 2. The Morgan fingerprint density at radius 3 is 2.30 bits per heavy atom. The molecule has 0 radical (unpaired) electrons. The van der Waals surface area contributed by atoms with Crippen LogP contribution in [0.25, 0.3) is 0 Å². The zero-order chi connectivity index (χ0) is 15.8. The summed E-state index contributed by atoms with van der Waals surface area (Å²) >= 11 is 0. The first-order chi connectivity index (χ1) is 9.15. The highest BCUT2D eigenvalue weighted by Crippen LogP contribution is 2.07. The minimum absolute atomic E-state index is 0.0306. The Balaban J connectivity index is 4.10. The van der Waals surface area contributed by atoms with Crippen LogP contribution in [0.3, 0.4) is 0 Å². The van der Waals surface area contributed by atoms with Gasteiger partial charge in [-0.3, -0.25) is 4.79 Å². The minimum atomic E-state index is -2.73. The zero-order valence-corrected chi connectivity index (χ0v) is 12.2. The van der Waals surface area contributed by atoms with Crippen molar-refractivity contribution < 1.29 is 27.8 Å². The third kappa shape index (κ3) is 9.48. The van der Waals surface area contributed by atoms with E-state index in [4.69, 9.17) is 4.74 Å². The van der Waals surface area contributed by atoms with Crippen molar-refractivity contribution in [1.29, 1.82) is 0 Å². The number of hydrogen-bond donors (Lipinski definition) is 2. The molecular weight excluding hydrogens is 274 g/mol. The minimum Gasteiger partial charge on any atom is -0.444 e. The highest BCUT2D eigenvalue weighted by molar-refractivity contribution is 5.77. The molecule has 0 saturated carbocycles. The van der Waals surface area contributed by atoms with Crippen LogP contribution in [0.15, 0.2) is 0 Å². The summed E-state index contributed by atoms with van der Waals surface area (Å²) in [6.45, 7) is 4.76. The topological polar surface area (TPSA) is 76.7 Å². The lowest BCUT2D eigenvalue weighted by atomic mass is 10.2. The van der Waals surface area contributed by atoms with Crippen molar-refractivity contribution >= 4 is 12.0 Å². The van der Waals surface area contributed by atoms with Crippen LogP contribution < -0.4 is 10.6 Å². The number of rotatable bonds is 7. The number of nitrogens with one attached hydrogen (secondary N) is 2. The fourth-order valence-corrected chi connectivity index (χ4v) is 1.28. The normalized spacial score (nSPS) is 12.9. The van der Waals surface area contributed by atoms with Crippen LogP contribution in [-0.2, 0) is 14.3 Å². The van der Waals surface area contributed by atoms with E-state index in [-0.39, 0.29) is 19.6 Å². The molecule has 0 aromatic carbocycles. The number of carbonyl (C=O) groups excluding carboxylic acids is 2. The molecule has 1 unspecified atom stereocenters. The number of halogens is 2. The maximum absolute atomic E-state index is 12.7. The molecule has 6 nitrogen and oxygen atoms in total. The third-order valence-electron chi connectivity index (χ3n) is 2.05. The Labute approximate surface area is 117 Å². The Bertz CT molecular complexity index is 319. The summed E-state index contributed by atoms with van der Waals surface area (Å²) < 4.78 is 34.9. The predicted octanol–water partition coefficient (Wildman–Crippen LogP) is 1.30. The summed E-state index contributed by atoms with van der Waals surface area (Å²) in [7, 11) is 1.29. The maximum atomic E-state index is 12.7. The SMILES string of the molecule is COCC(=O)NC(CCNC(=O)OC(C)(C)C)C(F)F. The van der Waals surface area contributed by atoms with E-state index in [1.807, 2.05) is 0 Å². The van der Waals surface area contributed by atoms with E-state index in [2.05, 4.69) is 15.4 Å². The van der Waals surface area contributed by atoms with Crippen LogP contribution >= 0.6 is 0 Å². The van der Waals surface area contributed by atoms with Gasteiger partial charge in [0.2, 0.25) is 5.91 Å². The summed E-state index contributed by atoms with van der Waals surface area (Å²) in [6, 6.07) is -1.34. The van der Waals surface area contributed by atoms with Gasteiger partial charge in [-0.25, -0.2) is 13.6 Å². The molecule has 0 aromatic rings. The van der Waals surface area contributed by atoms with Gasteiger partial charge in [0.1, 0.15) is 12.2 Å². The second-order valence-electron chi connectivity index (χ2n) is 5.16. The van der Waals surface area contributed by atoms with Crippen molar-refractivity contribution in [2.45, 2.75) is 45.3 Å². The number of alkyl carbamates (subject to hydrolysis) is 1. The summed E-state index contributed by atoms with van der Waals surface area (Å²) in [5, 5.41) is 4.49. The van der Waals surface area contributed by atoms with E-state index in [1.54, 1.807) is 20.8 Å². The molecule has 0 fully saturated rings. The summed E-state index contributed by atoms with van der Waals surface area (Å²) in [6.07, 6.45) is -3.52. The summed E-state index contributed by atoms with van der Waals surface area (Å²) in [5.41, 5.74) is -0.654. The van der Waals surface area contributed by atoms with E-state index in [0.717, 1.165) is 0 Å². The monoisotopic (exact) mass is 296 g/mol. The van der Waals surface area contributed by atoms with Crippen LogP contribution in [0.4, 0.5) is 13.6 Å². The van der Waals surface area contributed by atoms with Gasteiger partial charge in [-0.2, -0.15) is 0 Å². The molecule has 0 aliphatic rings. The first kappa shape index (κ1) is 18.6. The molecule has 0 aliphatic carbocycles. The number of hydrogen-bond acceptors (Lipinski definition) is 4. The highest BCUT2D eigenvalue weighted by atomic mass is 19.3. The van der Waals surface area contributed by atoms with Crippen LogP contribution in [0, 0.1) is 0 Å². The Morgan fingerprint density at radius 2 is 1.85 bits per heavy atom. The van der Waals surface area contributed by atoms with Gasteiger partial charge in [-0.1, -0.05) is 0 Å². The van der Waals surface area contributed by atoms with E-state index in [1.165, 1.54) is 7.11 Å². The molecule has 0 spiro atoms. The van der Waals surface area contributed by atoms with Gasteiger partial charge >= 0.3 is 6.09 Å². The lowest BCUT2D eigenvalue weighted by Crippen LogP contribution is -2.44. The third-order valence-corrected chi connectivity index (χ3v) is 2.05. The molecule has 118 valence electrons. The first-order valence-electron chi connectivity index (χ1n) is 6.19. The fraction of sp³-hybridized carbons (Fsp3) is 0.833. The van der Waals surface area contributed by atoms with Crippen molar-refractivity contribution in [1.82, 2.24) is 10.6 Å². The largest absolute Gasteiger partial charge is 0.444 e. The van der Waals surface area contributed by atoms with E-state index < -0.39 is 30.1 Å². The standard InChI is InChI=1S/C12H22F2N2O4/c1-12(2,3)20-11(18)15-6-5-8(10(13)14)16-9(17)7-19-4/h8,10H,5-7H2,1-4H3,(H,15,18)(H,16,17). The second-order valence-corrected chi connectivity index (χ2v) is 5.16. The highest BCUT2D eigenvalue weighted by Gasteiger charge is 2.23. The second kappa shape index (κ2) is 8.68. The quantitative estimate of drug-likeness (QED) is 0.742. The van der Waals surface area contributed by atoms with E-state index in [9.17, 15) is 18.4 Å². The zero-order valence-electron chi connectivity index (χ0n) is 12.2. The molecule has 2 N–H and O–H groups in total. The van der Waals surface area contributed by atoms with Gasteiger partial charge in [-0.15, -0.1) is 0 Å². The van der Waals surface area contributed by atoms with Crippen LogP contribution in [0.1, 0.15) is 27.2 Å². The summed E-state index contributed by atoms with van der Waals surface area (Å²) in [5.74, 6) is -0.630. The number of ether oxygens (including phenoxy) is 2. The lowest BCUT2D eigenvalue weighted by molar-refractivity contribution is -0.126. The first-order valence-corrected chi connectivity index (χ1v) is 6.19. The van der Waals surface area contributed by atoms with E-state index in [0.29, 0.717) is 0 Å². The Morgan fingerprint density at radius 1 is 1.25 bits per heavy atom. The number of methoxy groups -OCH3 is 1. The molecule has 0 bridgehead atoms. The van der Waals surface area contributed by atoms with Crippen LogP contribution in [-0.4, -0.2) is 50.3 Å². The molecule has 1 atom stereocenters. The molecule has 2 amide bonds. The van der Waals surface area contributed by atoms with Gasteiger partial charge in [0.05, 0.1) is 6.04 Å².